The maximum Gasteiger partial charge on any atom is 0.222 e. The van der Waals surface area contributed by atoms with Crippen LogP contribution in [-0.4, -0.2) is 11.9 Å². The van der Waals surface area contributed by atoms with Gasteiger partial charge in [0.1, 0.15) is 0 Å². The van der Waals surface area contributed by atoms with Crippen LogP contribution in [0.1, 0.15) is 62.9 Å². The summed E-state index contributed by atoms with van der Waals surface area (Å²) in [7, 11) is 0. The summed E-state index contributed by atoms with van der Waals surface area (Å²) in [4.78, 5) is 13.6. The van der Waals surface area contributed by atoms with Crippen molar-refractivity contribution in [2.45, 2.75) is 65.0 Å². The van der Waals surface area contributed by atoms with E-state index >= 15 is 0 Å². The van der Waals surface area contributed by atoms with Crippen LogP contribution >= 0.6 is 11.3 Å². The van der Waals surface area contributed by atoms with Crippen LogP contribution in [0.25, 0.3) is 0 Å². The molecular formula is C16H26N2OS. The Morgan fingerprint density at radius 1 is 1.55 bits per heavy atom. The Balaban J connectivity index is 1.87. The van der Waals surface area contributed by atoms with Gasteiger partial charge in [-0.25, -0.2) is 0 Å². The Hall–Kier alpha value is -0.870. The lowest BCUT2D eigenvalue weighted by Crippen LogP contribution is -2.36. The molecule has 0 fully saturated rings. The Morgan fingerprint density at radius 3 is 3.00 bits per heavy atom. The third-order valence-corrected chi connectivity index (χ3v) is 4.71. The minimum Gasteiger partial charge on any atom is -0.349 e. The highest BCUT2D eigenvalue weighted by Gasteiger charge is 2.24. The molecule has 1 aromatic heterocycles. The maximum absolute atomic E-state index is 12.2. The molecule has 1 aliphatic carbocycles. The predicted molar refractivity (Wildman–Crippen MR) is 84.8 cm³/mol. The number of carbonyl (C=O) groups excluding carboxylic acids is 1. The number of carbonyl (C=O) groups is 1. The molecule has 20 heavy (non-hydrogen) atoms. The molecule has 0 spiro atoms. The van der Waals surface area contributed by atoms with Crippen LogP contribution in [0, 0.1) is 5.41 Å². The fraction of sp³-hybridized carbons (Fsp3) is 0.688. The van der Waals surface area contributed by atoms with E-state index in [1.54, 1.807) is 11.3 Å². The monoisotopic (exact) mass is 294 g/mol. The van der Waals surface area contributed by atoms with Crippen molar-refractivity contribution in [1.82, 2.24) is 5.32 Å². The average Bonchev–Trinajstić information content (AvgIpc) is 2.74. The van der Waals surface area contributed by atoms with Gasteiger partial charge in [-0.15, -0.1) is 11.3 Å². The van der Waals surface area contributed by atoms with Crippen LogP contribution in [-0.2, 0) is 11.2 Å². The van der Waals surface area contributed by atoms with Gasteiger partial charge in [0.15, 0.2) is 0 Å². The van der Waals surface area contributed by atoms with Crippen LogP contribution in [0.3, 0.4) is 0 Å². The van der Waals surface area contributed by atoms with E-state index in [0.717, 1.165) is 25.7 Å². The van der Waals surface area contributed by atoms with Crippen LogP contribution in [0.4, 0.5) is 0 Å². The lowest BCUT2D eigenvalue weighted by atomic mass is 9.87. The first kappa shape index (κ1) is 15.5. The van der Waals surface area contributed by atoms with E-state index in [9.17, 15) is 4.79 Å². The molecule has 3 N–H and O–H groups in total. The average molecular weight is 294 g/mol. The van der Waals surface area contributed by atoms with Crippen molar-refractivity contribution in [2.75, 3.05) is 0 Å². The zero-order valence-electron chi connectivity index (χ0n) is 12.7. The van der Waals surface area contributed by atoms with Gasteiger partial charge in [-0.1, -0.05) is 20.8 Å². The largest absolute Gasteiger partial charge is 0.349 e. The first-order chi connectivity index (χ1) is 9.35. The van der Waals surface area contributed by atoms with Gasteiger partial charge < -0.3 is 11.1 Å². The summed E-state index contributed by atoms with van der Waals surface area (Å²) in [5.74, 6) is 0.0887. The summed E-state index contributed by atoms with van der Waals surface area (Å²) in [6.45, 7) is 6.47. The molecule has 0 saturated heterocycles. The zero-order valence-corrected chi connectivity index (χ0v) is 13.6. The van der Waals surface area contributed by atoms with E-state index in [1.165, 1.54) is 10.4 Å². The van der Waals surface area contributed by atoms with E-state index in [-0.39, 0.29) is 23.4 Å². The van der Waals surface area contributed by atoms with Crippen molar-refractivity contribution in [3.05, 3.63) is 21.9 Å². The van der Waals surface area contributed by atoms with E-state index < -0.39 is 0 Å². The first-order valence-corrected chi connectivity index (χ1v) is 8.34. The Kier molecular flexibility index (Phi) is 4.86. The number of amides is 1. The summed E-state index contributed by atoms with van der Waals surface area (Å²) in [6.07, 6.45) is 4.65. The summed E-state index contributed by atoms with van der Waals surface area (Å²) >= 11 is 1.80. The minimum atomic E-state index is -0.0551. The minimum absolute atomic E-state index is 0.0551. The smallest absolute Gasteiger partial charge is 0.222 e. The fourth-order valence-corrected chi connectivity index (χ4v) is 3.97. The lowest BCUT2D eigenvalue weighted by Gasteiger charge is -2.26. The predicted octanol–water partition coefficient (Wildman–Crippen LogP) is 3.40. The number of hydrogen-bond acceptors (Lipinski definition) is 3. The summed E-state index contributed by atoms with van der Waals surface area (Å²) in [6, 6.07) is 2.29. The third-order valence-electron chi connectivity index (χ3n) is 3.71. The number of nitrogens with two attached hydrogens (primary N) is 1. The molecule has 0 aromatic carbocycles. The molecular weight excluding hydrogens is 268 g/mol. The highest BCUT2D eigenvalue weighted by molar-refractivity contribution is 7.10. The number of hydrogen-bond donors (Lipinski definition) is 2. The van der Waals surface area contributed by atoms with Crippen LogP contribution in [0.15, 0.2) is 11.4 Å². The van der Waals surface area contributed by atoms with Crippen LogP contribution in [0.2, 0.25) is 0 Å². The number of aryl methyl sites for hydroxylation is 1. The summed E-state index contributed by atoms with van der Waals surface area (Å²) in [5.41, 5.74) is 7.57. The quantitative estimate of drug-likeness (QED) is 0.894. The highest BCUT2D eigenvalue weighted by Crippen LogP contribution is 2.33. The Morgan fingerprint density at radius 2 is 2.30 bits per heavy atom. The molecule has 4 heteroatoms. The van der Waals surface area contributed by atoms with Gasteiger partial charge >= 0.3 is 0 Å². The topological polar surface area (TPSA) is 55.1 Å². The van der Waals surface area contributed by atoms with Gasteiger partial charge in [0.05, 0.1) is 6.04 Å². The second-order valence-corrected chi connectivity index (χ2v) is 8.04. The second kappa shape index (κ2) is 6.27. The molecule has 0 radical (unpaired) electrons. The number of rotatable bonds is 4. The van der Waals surface area contributed by atoms with Crippen molar-refractivity contribution in [1.29, 1.82) is 0 Å². The van der Waals surface area contributed by atoms with Crippen molar-refractivity contribution in [3.63, 3.8) is 0 Å². The van der Waals surface area contributed by atoms with Gasteiger partial charge in [-0.3, -0.25) is 4.79 Å². The number of nitrogens with one attached hydrogen (secondary N) is 1. The fourth-order valence-electron chi connectivity index (χ4n) is 2.99. The van der Waals surface area contributed by atoms with Crippen LogP contribution < -0.4 is 11.1 Å². The second-order valence-electron chi connectivity index (χ2n) is 7.04. The standard InChI is InChI=1S/C16H26N2OS/c1-16(2,3)10-11(17)9-15(19)18-13-5-4-6-14-12(13)7-8-20-14/h7-8,11,13H,4-6,9-10,17H2,1-3H3,(H,18,19). The van der Waals surface area contributed by atoms with E-state index in [0.29, 0.717) is 6.42 Å². The molecule has 1 aliphatic rings. The molecule has 0 bridgehead atoms. The van der Waals surface area contributed by atoms with Crippen molar-refractivity contribution in [3.8, 4) is 0 Å². The zero-order chi connectivity index (χ0) is 14.8. The van der Waals surface area contributed by atoms with Crippen molar-refractivity contribution in [2.24, 2.45) is 11.1 Å². The Labute approximate surface area is 125 Å². The van der Waals surface area contributed by atoms with Crippen LogP contribution in [0.5, 0.6) is 0 Å². The molecule has 2 rings (SSSR count). The molecule has 0 aliphatic heterocycles. The maximum atomic E-state index is 12.2. The molecule has 1 amide bonds. The molecule has 3 nitrogen and oxygen atoms in total. The summed E-state index contributed by atoms with van der Waals surface area (Å²) < 4.78 is 0. The van der Waals surface area contributed by atoms with E-state index in [2.05, 4.69) is 37.5 Å². The third kappa shape index (κ3) is 4.32. The van der Waals surface area contributed by atoms with Crippen molar-refractivity contribution >= 4 is 17.2 Å². The van der Waals surface area contributed by atoms with E-state index in [4.69, 9.17) is 5.73 Å². The molecule has 0 saturated carbocycles. The SMILES string of the molecule is CC(C)(C)CC(N)CC(=O)NC1CCCc2sccc21. The summed E-state index contributed by atoms with van der Waals surface area (Å²) in [5, 5.41) is 5.29. The first-order valence-electron chi connectivity index (χ1n) is 7.46. The van der Waals surface area contributed by atoms with Gasteiger partial charge in [-0.2, -0.15) is 0 Å². The lowest BCUT2D eigenvalue weighted by molar-refractivity contribution is -0.122. The molecule has 1 aromatic rings. The van der Waals surface area contributed by atoms with E-state index in [1.807, 2.05) is 0 Å². The van der Waals surface area contributed by atoms with Gasteiger partial charge in [-0.05, 0) is 48.1 Å². The molecule has 1 heterocycles. The molecule has 112 valence electrons. The normalized spacial score (nSPS) is 20.3. The Bertz CT molecular complexity index is 461. The number of thiophene rings is 1. The van der Waals surface area contributed by atoms with Gasteiger partial charge in [0.25, 0.3) is 0 Å². The molecule has 2 atom stereocenters. The van der Waals surface area contributed by atoms with Gasteiger partial charge in [0.2, 0.25) is 5.91 Å². The van der Waals surface area contributed by atoms with Gasteiger partial charge in [0, 0.05) is 17.3 Å². The van der Waals surface area contributed by atoms with Crippen molar-refractivity contribution < 1.29 is 4.79 Å². The molecule has 2 unspecified atom stereocenters. The number of fused-ring (bicyclic) bond motifs is 1. The highest BCUT2D eigenvalue weighted by atomic mass is 32.1.